The van der Waals surface area contributed by atoms with Crippen LogP contribution in [0.4, 0.5) is 0 Å². The lowest BCUT2D eigenvalue weighted by Crippen LogP contribution is -2.01. The van der Waals surface area contributed by atoms with Gasteiger partial charge in [-0.2, -0.15) is 0 Å². The topological polar surface area (TPSA) is 50.2 Å². The largest absolute Gasteiger partial charge is 0.481 e. The summed E-state index contributed by atoms with van der Waals surface area (Å²) >= 11 is 1.56. The van der Waals surface area contributed by atoms with Crippen molar-refractivity contribution in [3.63, 3.8) is 0 Å². The smallest absolute Gasteiger partial charge is 0.308 e. The molecule has 0 atom stereocenters. The summed E-state index contributed by atoms with van der Waals surface area (Å²) in [5.41, 5.74) is 0.994. The van der Waals surface area contributed by atoms with E-state index < -0.39 is 5.97 Å². The van der Waals surface area contributed by atoms with Crippen LogP contribution in [0.15, 0.2) is 0 Å². The fourth-order valence-corrected chi connectivity index (χ4v) is 2.67. The quantitative estimate of drug-likeness (QED) is 0.812. The number of nitrogens with zero attached hydrogens (tertiary/aromatic N) is 1. The van der Waals surface area contributed by atoms with E-state index in [0.717, 1.165) is 41.3 Å². The molecule has 0 amide bonds. The van der Waals surface area contributed by atoms with Gasteiger partial charge in [0.2, 0.25) is 0 Å². The first-order chi connectivity index (χ1) is 7.17. The van der Waals surface area contributed by atoms with E-state index in [1.165, 1.54) is 0 Å². The summed E-state index contributed by atoms with van der Waals surface area (Å²) in [4.78, 5) is 16.1. The minimum absolute atomic E-state index is 0.122. The number of thiazole rings is 1. The zero-order valence-corrected chi connectivity index (χ0v) is 10.1. The van der Waals surface area contributed by atoms with Crippen LogP contribution in [0, 0.1) is 0 Å². The molecule has 0 unspecified atom stereocenters. The molecule has 0 saturated carbocycles. The van der Waals surface area contributed by atoms with E-state index in [0.29, 0.717) is 0 Å². The fraction of sp³-hybridized carbons (Fsp3) is 0.636. The molecule has 1 N–H and O–H groups in total. The third kappa shape index (κ3) is 3.63. The van der Waals surface area contributed by atoms with E-state index in [1.807, 2.05) is 0 Å². The Kier molecular flexibility index (Phi) is 4.75. The Morgan fingerprint density at radius 1 is 1.33 bits per heavy atom. The van der Waals surface area contributed by atoms with Crippen molar-refractivity contribution in [1.29, 1.82) is 0 Å². The lowest BCUT2D eigenvalue weighted by atomic mass is 10.2. The maximum Gasteiger partial charge on any atom is 0.308 e. The molecule has 0 fully saturated rings. The normalized spacial score (nSPS) is 10.5. The lowest BCUT2D eigenvalue weighted by molar-refractivity contribution is -0.136. The number of hydrogen-bond acceptors (Lipinski definition) is 3. The van der Waals surface area contributed by atoms with Crippen molar-refractivity contribution in [3.05, 3.63) is 15.6 Å². The summed E-state index contributed by atoms with van der Waals surface area (Å²) < 4.78 is 0. The first-order valence-electron chi connectivity index (χ1n) is 5.36. The van der Waals surface area contributed by atoms with Gasteiger partial charge in [-0.15, -0.1) is 11.3 Å². The summed E-state index contributed by atoms with van der Waals surface area (Å²) in [6.07, 6.45) is 4.05. The Morgan fingerprint density at radius 3 is 2.53 bits per heavy atom. The van der Waals surface area contributed by atoms with Crippen molar-refractivity contribution in [1.82, 2.24) is 4.98 Å². The van der Waals surface area contributed by atoms with Gasteiger partial charge in [-0.05, 0) is 19.3 Å². The first kappa shape index (κ1) is 12.2. The van der Waals surface area contributed by atoms with Crippen molar-refractivity contribution in [2.75, 3.05) is 0 Å². The van der Waals surface area contributed by atoms with Gasteiger partial charge in [0.25, 0.3) is 0 Å². The summed E-state index contributed by atoms with van der Waals surface area (Å²) in [5.74, 6) is -0.765. The molecule has 1 aromatic rings. The minimum atomic E-state index is -0.765. The van der Waals surface area contributed by atoms with Crippen molar-refractivity contribution < 1.29 is 9.90 Å². The van der Waals surface area contributed by atoms with Crippen molar-refractivity contribution in [2.24, 2.45) is 0 Å². The molecule has 0 aliphatic rings. The summed E-state index contributed by atoms with van der Waals surface area (Å²) in [6.45, 7) is 4.20. The number of hydrogen-bond donors (Lipinski definition) is 1. The van der Waals surface area contributed by atoms with Crippen LogP contribution in [-0.2, 0) is 24.1 Å². The molecule has 0 aromatic carbocycles. The van der Waals surface area contributed by atoms with Crippen LogP contribution in [0.1, 0.15) is 42.3 Å². The fourth-order valence-electron chi connectivity index (χ4n) is 1.47. The Bertz CT molecular complexity index is 333. The van der Waals surface area contributed by atoms with Crippen molar-refractivity contribution in [2.45, 2.75) is 46.0 Å². The Labute approximate surface area is 94.2 Å². The SMILES string of the molecule is CCCc1nc(CCC)c(CC(=O)O)s1. The van der Waals surface area contributed by atoms with E-state index >= 15 is 0 Å². The third-order valence-corrected chi connectivity index (χ3v) is 3.24. The second-order valence-electron chi connectivity index (χ2n) is 3.55. The predicted octanol–water partition coefficient (Wildman–Crippen LogP) is 2.68. The molecule has 84 valence electrons. The standard InChI is InChI=1S/C11H17NO2S/c1-3-5-8-9(7-11(13)14)15-10(12-8)6-4-2/h3-7H2,1-2H3,(H,13,14). The van der Waals surface area contributed by atoms with E-state index in [9.17, 15) is 4.79 Å². The highest BCUT2D eigenvalue weighted by Crippen LogP contribution is 2.21. The van der Waals surface area contributed by atoms with Gasteiger partial charge < -0.3 is 5.11 Å². The monoisotopic (exact) mass is 227 g/mol. The van der Waals surface area contributed by atoms with Gasteiger partial charge in [-0.25, -0.2) is 4.98 Å². The van der Waals surface area contributed by atoms with Gasteiger partial charge in [-0.1, -0.05) is 20.3 Å². The van der Waals surface area contributed by atoms with E-state index in [2.05, 4.69) is 18.8 Å². The van der Waals surface area contributed by atoms with Crippen LogP contribution in [0.5, 0.6) is 0 Å². The Hall–Kier alpha value is -0.900. The lowest BCUT2D eigenvalue weighted by Gasteiger charge is -1.95. The molecule has 0 aliphatic carbocycles. The van der Waals surface area contributed by atoms with Crippen LogP contribution in [0.3, 0.4) is 0 Å². The van der Waals surface area contributed by atoms with Crippen LogP contribution in [0.25, 0.3) is 0 Å². The average Bonchev–Trinajstić information content (AvgIpc) is 2.48. The molecule has 0 saturated heterocycles. The second kappa shape index (κ2) is 5.85. The van der Waals surface area contributed by atoms with Gasteiger partial charge in [0.05, 0.1) is 17.1 Å². The number of carbonyl (C=O) groups is 1. The van der Waals surface area contributed by atoms with Gasteiger partial charge in [0.1, 0.15) is 0 Å². The molecule has 15 heavy (non-hydrogen) atoms. The highest BCUT2D eigenvalue weighted by Gasteiger charge is 2.12. The molecule has 3 nitrogen and oxygen atoms in total. The van der Waals surface area contributed by atoms with Crippen LogP contribution >= 0.6 is 11.3 Å². The van der Waals surface area contributed by atoms with Crippen LogP contribution in [-0.4, -0.2) is 16.1 Å². The van der Waals surface area contributed by atoms with Gasteiger partial charge >= 0.3 is 5.97 Å². The number of aromatic nitrogens is 1. The number of rotatable bonds is 6. The van der Waals surface area contributed by atoms with Gasteiger partial charge in [0, 0.05) is 4.88 Å². The molecule has 0 spiro atoms. The zero-order chi connectivity index (χ0) is 11.3. The number of carboxylic acid groups (broad SMARTS) is 1. The summed E-state index contributed by atoms with van der Waals surface area (Å²) in [7, 11) is 0. The summed E-state index contributed by atoms with van der Waals surface area (Å²) in [6, 6.07) is 0. The van der Waals surface area contributed by atoms with Crippen molar-refractivity contribution in [3.8, 4) is 0 Å². The van der Waals surface area contributed by atoms with Crippen molar-refractivity contribution >= 4 is 17.3 Å². The van der Waals surface area contributed by atoms with Gasteiger partial charge in [0.15, 0.2) is 0 Å². The van der Waals surface area contributed by atoms with E-state index in [1.54, 1.807) is 11.3 Å². The molecule has 1 heterocycles. The maximum atomic E-state index is 10.7. The van der Waals surface area contributed by atoms with Crippen LogP contribution in [0.2, 0.25) is 0 Å². The third-order valence-electron chi connectivity index (χ3n) is 2.08. The molecular formula is C11H17NO2S. The second-order valence-corrected chi connectivity index (χ2v) is 4.72. The van der Waals surface area contributed by atoms with E-state index in [4.69, 9.17) is 5.11 Å². The Morgan fingerprint density at radius 2 is 2.00 bits per heavy atom. The van der Waals surface area contributed by atoms with Gasteiger partial charge in [-0.3, -0.25) is 4.79 Å². The highest BCUT2D eigenvalue weighted by molar-refractivity contribution is 7.11. The maximum absolute atomic E-state index is 10.7. The number of aryl methyl sites for hydroxylation is 2. The first-order valence-corrected chi connectivity index (χ1v) is 6.18. The van der Waals surface area contributed by atoms with E-state index in [-0.39, 0.29) is 6.42 Å². The van der Waals surface area contributed by atoms with Crippen LogP contribution < -0.4 is 0 Å². The zero-order valence-electron chi connectivity index (χ0n) is 9.25. The minimum Gasteiger partial charge on any atom is -0.481 e. The number of aliphatic carboxylic acids is 1. The molecule has 0 bridgehead atoms. The highest BCUT2D eigenvalue weighted by atomic mass is 32.1. The molecule has 0 radical (unpaired) electrons. The average molecular weight is 227 g/mol. The molecule has 4 heteroatoms. The molecule has 1 aromatic heterocycles. The molecular weight excluding hydrogens is 210 g/mol. The molecule has 0 aliphatic heterocycles. The summed E-state index contributed by atoms with van der Waals surface area (Å²) in [5, 5.41) is 9.86. The predicted molar refractivity (Wildman–Crippen MR) is 61.4 cm³/mol. The number of carboxylic acids is 1. The molecule has 1 rings (SSSR count). The Balaban J connectivity index is 2.84.